The van der Waals surface area contributed by atoms with Crippen LogP contribution in [0.5, 0.6) is 11.5 Å². The number of amides is 2. The topological polar surface area (TPSA) is 117 Å². The van der Waals surface area contributed by atoms with Gasteiger partial charge in [0.1, 0.15) is 0 Å². The lowest BCUT2D eigenvalue weighted by Crippen LogP contribution is -2.30. The molecule has 2 heterocycles. The lowest BCUT2D eigenvalue weighted by Gasteiger charge is -2.14. The summed E-state index contributed by atoms with van der Waals surface area (Å²) in [6.45, 7) is 1.37. The zero-order valence-electron chi connectivity index (χ0n) is 15.6. The minimum absolute atomic E-state index is 0.108. The van der Waals surface area contributed by atoms with E-state index in [4.69, 9.17) is 9.47 Å². The molecule has 9 heteroatoms. The number of hydrogen-bond donors (Lipinski definition) is 4. The molecule has 0 atom stereocenters. The van der Waals surface area contributed by atoms with Crippen molar-refractivity contribution in [1.82, 2.24) is 20.8 Å². The maximum absolute atomic E-state index is 12.6. The number of fused-ring (bicyclic) bond motifs is 1. The molecule has 2 aliphatic rings. The van der Waals surface area contributed by atoms with Crippen LogP contribution in [0.1, 0.15) is 34.6 Å². The molecule has 0 saturated heterocycles. The zero-order chi connectivity index (χ0) is 19.5. The van der Waals surface area contributed by atoms with E-state index in [1.807, 2.05) is 0 Å². The number of aromatic amines is 1. The number of anilines is 1. The number of methoxy groups -OCH3 is 1. The lowest BCUT2D eigenvalue weighted by molar-refractivity contribution is -0.123. The van der Waals surface area contributed by atoms with Crippen molar-refractivity contribution in [3.05, 3.63) is 35.2 Å². The van der Waals surface area contributed by atoms with E-state index in [0.717, 1.165) is 37.1 Å². The molecule has 2 amide bonds. The highest BCUT2D eigenvalue weighted by molar-refractivity contribution is 6.04. The molecule has 1 aromatic heterocycles. The Kier molecular flexibility index (Phi) is 5.16. The second-order valence-electron chi connectivity index (χ2n) is 6.91. The minimum atomic E-state index is -0.302. The van der Waals surface area contributed by atoms with Crippen LogP contribution in [-0.4, -0.2) is 48.3 Å². The molecule has 1 fully saturated rings. The molecule has 1 aromatic carbocycles. The number of hydrogen-bond acceptors (Lipinski definition) is 6. The summed E-state index contributed by atoms with van der Waals surface area (Å²) < 4.78 is 10.9. The Morgan fingerprint density at radius 1 is 1.29 bits per heavy atom. The monoisotopic (exact) mass is 385 g/mol. The van der Waals surface area contributed by atoms with Gasteiger partial charge < -0.3 is 25.4 Å². The summed E-state index contributed by atoms with van der Waals surface area (Å²) in [5.41, 5.74) is 2.79. The number of ether oxygens (including phenoxy) is 2. The van der Waals surface area contributed by atoms with Crippen LogP contribution in [0.2, 0.25) is 0 Å². The molecular weight excluding hydrogens is 362 g/mol. The van der Waals surface area contributed by atoms with Gasteiger partial charge in [0, 0.05) is 48.6 Å². The van der Waals surface area contributed by atoms with E-state index in [1.54, 1.807) is 18.2 Å². The van der Waals surface area contributed by atoms with E-state index in [2.05, 4.69) is 26.1 Å². The second-order valence-corrected chi connectivity index (χ2v) is 6.91. The number of H-pyrrole nitrogens is 1. The van der Waals surface area contributed by atoms with Gasteiger partial charge in [-0.15, -0.1) is 0 Å². The summed E-state index contributed by atoms with van der Waals surface area (Å²) in [5, 5.41) is 16.0. The molecule has 1 saturated carbocycles. The number of benzene rings is 1. The lowest BCUT2D eigenvalue weighted by atomic mass is 10.1. The van der Waals surface area contributed by atoms with Crippen LogP contribution >= 0.6 is 0 Å². The van der Waals surface area contributed by atoms with Crippen LogP contribution in [0, 0.1) is 0 Å². The summed E-state index contributed by atoms with van der Waals surface area (Å²) in [4.78, 5) is 24.5. The summed E-state index contributed by atoms with van der Waals surface area (Å²) in [6.07, 6.45) is 2.85. The third-order valence-corrected chi connectivity index (χ3v) is 4.74. The Balaban J connectivity index is 1.44. The summed E-state index contributed by atoms with van der Waals surface area (Å²) in [7, 11) is 1.52. The molecule has 1 aliphatic heterocycles. The van der Waals surface area contributed by atoms with Crippen LogP contribution in [0.25, 0.3) is 0 Å². The average molecular weight is 385 g/mol. The number of nitrogens with zero attached hydrogens (tertiary/aromatic N) is 1. The van der Waals surface area contributed by atoms with Gasteiger partial charge in [0.15, 0.2) is 23.8 Å². The molecule has 4 N–H and O–H groups in total. The van der Waals surface area contributed by atoms with Gasteiger partial charge in [-0.3, -0.25) is 14.7 Å². The molecule has 0 bridgehead atoms. The molecule has 4 rings (SSSR count). The SMILES string of the molecule is COc1ccc(NC(=O)c2n[nH]c3c2CNCC3)cc1OCC(=O)NC1CC1. The maximum Gasteiger partial charge on any atom is 0.276 e. The summed E-state index contributed by atoms with van der Waals surface area (Å²) in [6, 6.07) is 5.31. The Labute approximate surface area is 162 Å². The van der Waals surface area contributed by atoms with Gasteiger partial charge in [0.05, 0.1) is 7.11 Å². The molecule has 0 spiro atoms. The summed E-state index contributed by atoms with van der Waals surface area (Å²) >= 11 is 0. The first-order valence-corrected chi connectivity index (χ1v) is 9.32. The first-order chi connectivity index (χ1) is 13.6. The zero-order valence-corrected chi connectivity index (χ0v) is 15.6. The van der Waals surface area contributed by atoms with Gasteiger partial charge in [-0.2, -0.15) is 5.10 Å². The van der Waals surface area contributed by atoms with Crippen LogP contribution in [0.4, 0.5) is 5.69 Å². The maximum atomic E-state index is 12.6. The molecule has 9 nitrogen and oxygen atoms in total. The molecule has 28 heavy (non-hydrogen) atoms. The van der Waals surface area contributed by atoms with Crippen LogP contribution in [-0.2, 0) is 17.8 Å². The van der Waals surface area contributed by atoms with E-state index in [1.165, 1.54) is 7.11 Å². The number of carbonyl (C=O) groups is 2. The van der Waals surface area contributed by atoms with E-state index in [0.29, 0.717) is 29.4 Å². The fourth-order valence-electron chi connectivity index (χ4n) is 3.11. The van der Waals surface area contributed by atoms with Crippen LogP contribution in [0.15, 0.2) is 18.2 Å². The van der Waals surface area contributed by atoms with Crippen LogP contribution in [0.3, 0.4) is 0 Å². The van der Waals surface area contributed by atoms with Crippen molar-refractivity contribution in [3.8, 4) is 11.5 Å². The Hall–Kier alpha value is -3.07. The number of aromatic nitrogens is 2. The van der Waals surface area contributed by atoms with Gasteiger partial charge >= 0.3 is 0 Å². The van der Waals surface area contributed by atoms with Crippen molar-refractivity contribution < 1.29 is 19.1 Å². The van der Waals surface area contributed by atoms with Gasteiger partial charge in [-0.05, 0) is 25.0 Å². The van der Waals surface area contributed by atoms with Gasteiger partial charge in [-0.25, -0.2) is 0 Å². The van der Waals surface area contributed by atoms with Crippen molar-refractivity contribution in [2.45, 2.75) is 31.8 Å². The van der Waals surface area contributed by atoms with Gasteiger partial charge in [0.2, 0.25) is 0 Å². The standard InChI is InChI=1S/C19H23N5O4/c1-27-15-5-4-12(8-16(15)28-10-17(25)21-11-2-3-11)22-19(26)18-13-9-20-7-6-14(13)23-24-18/h4-5,8,11,20H,2-3,6-7,9-10H2,1H3,(H,21,25)(H,22,26)(H,23,24). The van der Waals surface area contributed by atoms with E-state index in [9.17, 15) is 9.59 Å². The first-order valence-electron chi connectivity index (χ1n) is 9.32. The first kappa shape index (κ1) is 18.3. The summed E-state index contributed by atoms with van der Waals surface area (Å²) in [5.74, 6) is 0.397. The minimum Gasteiger partial charge on any atom is -0.493 e. The normalized spacial score (nSPS) is 15.5. The van der Waals surface area contributed by atoms with Crippen LogP contribution < -0.4 is 25.4 Å². The van der Waals surface area contributed by atoms with E-state index < -0.39 is 0 Å². The largest absolute Gasteiger partial charge is 0.493 e. The molecule has 0 radical (unpaired) electrons. The number of rotatable bonds is 7. The smallest absolute Gasteiger partial charge is 0.276 e. The highest BCUT2D eigenvalue weighted by Crippen LogP contribution is 2.30. The van der Waals surface area contributed by atoms with Crippen molar-refractivity contribution >= 4 is 17.5 Å². The molecule has 148 valence electrons. The fourth-order valence-corrected chi connectivity index (χ4v) is 3.11. The van der Waals surface area contributed by atoms with Crippen molar-refractivity contribution in [3.63, 3.8) is 0 Å². The van der Waals surface area contributed by atoms with Gasteiger partial charge in [0.25, 0.3) is 11.8 Å². The molecule has 0 unspecified atom stereocenters. The van der Waals surface area contributed by atoms with E-state index in [-0.39, 0.29) is 24.5 Å². The number of nitrogens with one attached hydrogen (secondary N) is 4. The Morgan fingerprint density at radius 2 is 2.14 bits per heavy atom. The average Bonchev–Trinajstić information content (AvgIpc) is 3.41. The van der Waals surface area contributed by atoms with E-state index >= 15 is 0 Å². The van der Waals surface area contributed by atoms with Crippen molar-refractivity contribution in [2.75, 3.05) is 25.6 Å². The van der Waals surface area contributed by atoms with Crippen molar-refractivity contribution in [1.29, 1.82) is 0 Å². The molecule has 1 aliphatic carbocycles. The Bertz CT molecular complexity index is 890. The second kappa shape index (κ2) is 7.89. The van der Waals surface area contributed by atoms with Crippen molar-refractivity contribution in [2.24, 2.45) is 0 Å². The predicted octanol–water partition coefficient (Wildman–Crippen LogP) is 0.974. The third kappa shape index (κ3) is 4.09. The fraction of sp³-hybridized carbons (Fsp3) is 0.421. The highest BCUT2D eigenvalue weighted by atomic mass is 16.5. The third-order valence-electron chi connectivity index (χ3n) is 4.74. The highest BCUT2D eigenvalue weighted by Gasteiger charge is 2.24. The number of carbonyl (C=O) groups excluding carboxylic acids is 2. The predicted molar refractivity (Wildman–Crippen MR) is 102 cm³/mol. The van der Waals surface area contributed by atoms with Gasteiger partial charge in [-0.1, -0.05) is 0 Å². The quantitative estimate of drug-likeness (QED) is 0.564. The molecule has 2 aromatic rings. The molecular formula is C19H23N5O4. The Morgan fingerprint density at radius 3 is 2.93 bits per heavy atom.